The van der Waals surface area contributed by atoms with Crippen LogP contribution in [-0.4, -0.2) is 39.3 Å². The number of carbonyl (C=O) groups is 1. The van der Waals surface area contributed by atoms with Gasteiger partial charge in [0.25, 0.3) is 0 Å². The highest BCUT2D eigenvalue weighted by Gasteiger charge is 2.36. The molecule has 1 fully saturated rings. The van der Waals surface area contributed by atoms with Gasteiger partial charge in [-0.3, -0.25) is 9.79 Å². The molecular weight excluding hydrogens is 463 g/mol. The number of benzene rings is 1. The average molecular weight is 486 g/mol. The van der Waals surface area contributed by atoms with E-state index < -0.39 is 15.9 Å². The van der Waals surface area contributed by atoms with Crippen LogP contribution in [-0.2, 0) is 4.79 Å². The van der Waals surface area contributed by atoms with Gasteiger partial charge in [0.2, 0.25) is 9.70 Å². The summed E-state index contributed by atoms with van der Waals surface area (Å²) < 4.78 is -1.80. The number of nitrogens with one attached hydrogen (secondary N) is 3. The number of hydrogen-bond donors (Lipinski definition) is 3. The fourth-order valence-electron chi connectivity index (χ4n) is 3.60. The Morgan fingerprint density at radius 1 is 1.20 bits per heavy atom. The second-order valence-electron chi connectivity index (χ2n) is 7.22. The predicted molar refractivity (Wildman–Crippen MR) is 129 cm³/mol. The molecule has 0 spiro atoms. The minimum atomic E-state index is -1.80. The molecule has 0 bridgehead atoms. The van der Waals surface area contributed by atoms with E-state index in [1.165, 1.54) is 6.08 Å². The number of nitrogens with zero attached hydrogens (tertiary/aromatic N) is 1. The molecule has 1 aromatic rings. The molecule has 4 atom stereocenters. The van der Waals surface area contributed by atoms with Crippen molar-refractivity contribution in [2.24, 2.45) is 10.9 Å². The molecule has 1 aliphatic carbocycles. The molecule has 3 rings (SSSR count). The Balaban J connectivity index is 1.58. The Kier molecular flexibility index (Phi) is 8.17. The minimum Gasteiger partial charge on any atom is -0.358 e. The van der Waals surface area contributed by atoms with Crippen LogP contribution in [0.25, 0.3) is 6.08 Å². The maximum absolute atomic E-state index is 12.3. The van der Waals surface area contributed by atoms with E-state index in [9.17, 15) is 4.79 Å². The Bertz CT molecular complexity index is 838. The number of rotatable bonds is 5. The Morgan fingerprint density at radius 2 is 1.97 bits per heavy atom. The van der Waals surface area contributed by atoms with E-state index in [2.05, 4.69) is 27.0 Å². The molecule has 3 N–H and O–H groups in total. The largest absolute Gasteiger partial charge is 0.358 e. The Hall–Kier alpha value is -1.60. The van der Waals surface area contributed by atoms with Crippen molar-refractivity contribution in [1.29, 1.82) is 0 Å². The normalized spacial score (nSPS) is 24.2. The van der Waals surface area contributed by atoms with Crippen molar-refractivity contribution >= 4 is 70.3 Å². The number of aliphatic imine (C=N–C) groups is 1. The van der Waals surface area contributed by atoms with Gasteiger partial charge >= 0.3 is 0 Å². The second kappa shape index (κ2) is 10.6. The number of halogens is 3. The van der Waals surface area contributed by atoms with E-state index >= 15 is 0 Å². The van der Waals surface area contributed by atoms with E-state index in [0.717, 1.165) is 24.8 Å². The number of hydrogen-bond acceptors (Lipinski definition) is 3. The third-order valence-corrected chi connectivity index (χ3v) is 5.93. The zero-order chi connectivity index (χ0) is 21.6. The van der Waals surface area contributed by atoms with Crippen LogP contribution in [0.15, 0.2) is 53.6 Å². The molecule has 0 aromatic heterocycles. The molecular formula is C21H23Cl3N4OS. The second-order valence-corrected chi connectivity index (χ2v) is 10.00. The van der Waals surface area contributed by atoms with Crippen LogP contribution in [0.2, 0.25) is 0 Å². The van der Waals surface area contributed by atoms with Gasteiger partial charge in [-0.1, -0.05) is 77.6 Å². The SMILES string of the molecule is O=C(/C=C/c1ccccc1)NC(NC(=S)NC1CCC[C@@H]2C=CC=NC12)C(Cl)(Cl)Cl. The minimum absolute atomic E-state index is 0.0784. The molecule has 1 saturated carbocycles. The summed E-state index contributed by atoms with van der Waals surface area (Å²) in [5.74, 6) is -0.0129. The molecule has 0 saturated heterocycles. The summed E-state index contributed by atoms with van der Waals surface area (Å²) in [6, 6.07) is 9.64. The van der Waals surface area contributed by atoms with E-state index in [-0.39, 0.29) is 12.1 Å². The van der Waals surface area contributed by atoms with E-state index in [1.54, 1.807) is 6.08 Å². The van der Waals surface area contributed by atoms with Gasteiger partial charge in [0, 0.05) is 18.2 Å². The van der Waals surface area contributed by atoms with Crippen LogP contribution >= 0.6 is 47.0 Å². The van der Waals surface area contributed by atoms with Gasteiger partial charge in [0.05, 0.1) is 12.1 Å². The van der Waals surface area contributed by atoms with Crippen LogP contribution in [0.1, 0.15) is 24.8 Å². The van der Waals surface area contributed by atoms with Crippen molar-refractivity contribution in [3.63, 3.8) is 0 Å². The van der Waals surface area contributed by atoms with Gasteiger partial charge < -0.3 is 16.0 Å². The number of dihydropyridines is 1. The van der Waals surface area contributed by atoms with E-state index in [1.807, 2.05) is 42.6 Å². The highest BCUT2D eigenvalue weighted by Crippen LogP contribution is 2.31. The van der Waals surface area contributed by atoms with Gasteiger partial charge in [-0.15, -0.1) is 0 Å². The van der Waals surface area contributed by atoms with Crippen LogP contribution in [0.3, 0.4) is 0 Å². The highest BCUT2D eigenvalue weighted by molar-refractivity contribution is 7.80. The van der Waals surface area contributed by atoms with Crippen molar-refractivity contribution in [3.8, 4) is 0 Å². The lowest BCUT2D eigenvalue weighted by Gasteiger charge is -2.37. The van der Waals surface area contributed by atoms with Crippen LogP contribution < -0.4 is 16.0 Å². The molecule has 1 aromatic carbocycles. The van der Waals surface area contributed by atoms with Crippen molar-refractivity contribution < 1.29 is 4.79 Å². The summed E-state index contributed by atoms with van der Waals surface area (Å²) in [5.41, 5.74) is 0.886. The van der Waals surface area contributed by atoms with Crippen LogP contribution in [0, 0.1) is 5.92 Å². The smallest absolute Gasteiger partial charge is 0.245 e. The lowest BCUT2D eigenvalue weighted by Crippen LogP contribution is -2.59. The van der Waals surface area contributed by atoms with E-state index in [0.29, 0.717) is 11.0 Å². The number of carbonyl (C=O) groups excluding carboxylic acids is 1. The Morgan fingerprint density at radius 3 is 2.70 bits per heavy atom. The fraction of sp³-hybridized carbons (Fsp3) is 0.381. The number of allylic oxidation sites excluding steroid dienone is 1. The number of amides is 1. The lowest BCUT2D eigenvalue weighted by atomic mass is 9.80. The predicted octanol–water partition coefficient (Wildman–Crippen LogP) is 4.15. The first-order valence-corrected chi connectivity index (χ1v) is 11.2. The summed E-state index contributed by atoms with van der Waals surface area (Å²) in [7, 11) is 0. The molecule has 0 radical (unpaired) electrons. The molecule has 3 unspecified atom stereocenters. The highest BCUT2D eigenvalue weighted by atomic mass is 35.6. The molecule has 1 aliphatic heterocycles. The van der Waals surface area contributed by atoms with Crippen LogP contribution in [0.4, 0.5) is 0 Å². The van der Waals surface area contributed by atoms with Crippen LogP contribution in [0.5, 0.6) is 0 Å². The lowest BCUT2D eigenvalue weighted by molar-refractivity contribution is -0.117. The molecule has 5 nitrogen and oxygen atoms in total. The van der Waals surface area contributed by atoms with Gasteiger partial charge in [0.15, 0.2) is 5.11 Å². The number of thiocarbonyl (C=S) groups is 1. The van der Waals surface area contributed by atoms with E-state index in [4.69, 9.17) is 47.0 Å². The summed E-state index contributed by atoms with van der Waals surface area (Å²) in [4.78, 5) is 16.9. The molecule has 30 heavy (non-hydrogen) atoms. The summed E-state index contributed by atoms with van der Waals surface area (Å²) in [6.07, 6.45) is 11.2. The topological polar surface area (TPSA) is 65.5 Å². The summed E-state index contributed by atoms with van der Waals surface area (Å²) in [5, 5.41) is 9.15. The molecule has 160 valence electrons. The molecule has 1 heterocycles. The maximum atomic E-state index is 12.3. The first-order valence-electron chi connectivity index (χ1n) is 9.70. The van der Waals surface area contributed by atoms with Crippen molar-refractivity contribution in [3.05, 3.63) is 54.1 Å². The molecule has 2 aliphatic rings. The average Bonchev–Trinajstić information content (AvgIpc) is 2.72. The van der Waals surface area contributed by atoms with Crippen molar-refractivity contribution in [2.45, 2.75) is 41.3 Å². The maximum Gasteiger partial charge on any atom is 0.245 e. The zero-order valence-corrected chi connectivity index (χ0v) is 19.2. The van der Waals surface area contributed by atoms with Crippen molar-refractivity contribution in [2.75, 3.05) is 0 Å². The third-order valence-electron chi connectivity index (χ3n) is 5.04. The first kappa shape index (κ1) is 23.1. The van der Waals surface area contributed by atoms with Gasteiger partial charge in [-0.05, 0) is 42.8 Å². The first-order chi connectivity index (χ1) is 14.3. The Labute approximate surface area is 196 Å². The molecule has 1 amide bonds. The standard InChI is InChI=1S/C21H23Cl3N4OS/c22-21(23,24)19(27-17(29)12-11-14-6-2-1-3-7-14)28-20(30)26-16-10-4-8-15-9-5-13-25-18(15)16/h1-3,5-7,9,11-13,15-16,18-19H,4,8,10H2,(H,27,29)(H2,26,28,30)/b12-11+/t15-,16?,18?,19?/m1/s1. The fourth-order valence-corrected chi connectivity index (χ4v) is 4.20. The zero-order valence-electron chi connectivity index (χ0n) is 16.1. The quantitative estimate of drug-likeness (QED) is 0.254. The molecule has 9 heteroatoms. The summed E-state index contributed by atoms with van der Waals surface area (Å²) >= 11 is 23.6. The number of fused-ring (bicyclic) bond motifs is 1. The van der Waals surface area contributed by atoms with Crippen molar-refractivity contribution in [1.82, 2.24) is 16.0 Å². The number of alkyl halides is 3. The third kappa shape index (κ3) is 6.71. The van der Waals surface area contributed by atoms with Gasteiger partial charge in [-0.2, -0.15) is 0 Å². The van der Waals surface area contributed by atoms with Gasteiger partial charge in [0.1, 0.15) is 6.17 Å². The van der Waals surface area contributed by atoms with Gasteiger partial charge in [-0.25, -0.2) is 0 Å². The summed E-state index contributed by atoms with van der Waals surface area (Å²) in [6.45, 7) is 0. The monoisotopic (exact) mass is 484 g/mol.